The molecule has 0 fully saturated rings. The van der Waals surface area contributed by atoms with Crippen molar-refractivity contribution in [2.75, 3.05) is 12.3 Å². The summed E-state index contributed by atoms with van der Waals surface area (Å²) in [6.07, 6.45) is 0.658. The van der Waals surface area contributed by atoms with E-state index in [4.69, 9.17) is 15.9 Å². The zero-order chi connectivity index (χ0) is 16.2. The van der Waals surface area contributed by atoms with E-state index in [0.717, 1.165) is 29.7 Å². The van der Waals surface area contributed by atoms with Crippen LogP contribution in [0.15, 0.2) is 54.6 Å². The standard InChI is InChI=1S/C9H13NO.C8H9NO2/c10-9-6-2-1-4-8(9)5-3-7-11;10-8(11)9-6-7-4-2-1-3-5-7/h1-2,4,6,11H,3,5,7,10H2;1-5,9H,6H2,(H,10,11). The van der Waals surface area contributed by atoms with Gasteiger partial charge in [0.25, 0.3) is 0 Å². The number of rotatable bonds is 5. The fraction of sp³-hybridized carbons (Fsp3) is 0.235. The lowest BCUT2D eigenvalue weighted by Crippen LogP contribution is -2.19. The second-order valence-corrected chi connectivity index (χ2v) is 4.67. The van der Waals surface area contributed by atoms with Crippen molar-refractivity contribution < 1.29 is 15.0 Å². The van der Waals surface area contributed by atoms with E-state index in [2.05, 4.69) is 5.32 Å². The van der Waals surface area contributed by atoms with Crippen LogP contribution in [0.4, 0.5) is 10.5 Å². The maximum atomic E-state index is 10.1. The summed E-state index contributed by atoms with van der Waals surface area (Å²) in [5, 5.41) is 19.1. The Hall–Kier alpha value is -2.53. The van der Waals surface area contributed by atoms with E-state index in [1.54, 1.807) is 0 Å². The molecule has 0 heterocycles. The molecule has 0 saturated carbocycles. The van der Waals surface area contributed by atoms with Crippen LogP contribution in [0.3, 0.4) is 0 Å². The summed E-state index contributed by atoms with van der Waals surface area (Å²) in [6.45, 7) is 0.602. The molecule has 5 N–H and O–H groups in total. The van der Waals surface area contributed by atoms with Crippen LogP contribution >= 0.6 is 0 Å². The number of carbonyl (C=O) groups is 1. The smallest absolute Gasteiger partial charge is 0.404 e. The Morgan fingerprint density at radius 1 is 1.05 bits per heavy atom. The van der Waals surface area contributed by atoms with Gasteiger partial charge in [-0.05, 0) is 30.0 Å². The Kier molecular flexibility index (Phi) is 8.15. The third-order valence-electron chi connectivity index (χ3n) is 2.95. The number of hydrogen-bond acceptors (Lipinski definition) is 3. The summed E-state index contributed by atoms with van der Waals surface area (Å²) < 4.78 is 0. The highest BCUT2D eigenvalue weighted by Crippen LogP contribution is 2.11. The van der Waals surface area contributed by atoms with Crippen molar-refractivity contribution in [1.82, 2.24) is 5.32 Å². The third-order valence-corrected chi connectivity index (χ3v) is 2.95. The van der Waals surface area contributed by atoms with E-state index in [9.17, 15) is 4.79 Å². The number of anilines is 1. The third kappa shape index (κ3) is 7.31. The summed E-state index contributed by atoms with van der Waals surface area (Å²) in [7, 11) is 0. The van der Waals surface area contributed by atoms with Gasteiger partial charge in [0.2, 0.25) is 0 Å². The molecule has 0 bridgehead atoms. The molecule has 5 heteroatoms. The lowest BCUT2D eigenvalue weighted by atomic mass is 10.1. The second-order valence-electron chi connectivity index (χ2n) is 4.67. The minimum absolute atomic E-state index is 0.230. The molecule has 22 heavy (non-hydrogen) atoms. The molecule has 0 radical (unpaired) electrons. The molecule has 0 spiro atoms. The van der Waals surface area contributed by atoms with Crippen LogP contribution in [0.5, 0.6) is 0 Å². The Morgan fingerprint density at radius 2 is 1.68 bits per heavy atom. The zero-order valence-electron chi connectivity index (χ0n) is 12.4. The predicted octanol–water partition coefficient (Wildman–Crippen LogP) is 2.65. The van der Waals surface area contributed by atoms with Crippen molar-refractivity contribution in [2.45, 2.75) is 19.4 Å². The number of para-hydroxylation sites is 1. The summed E-state index contributed by atoms with van der Waals surface area (Å²) in [4.78, 5) is 10.1. The van der Waals surface area contributed by atoms with Gasteiger partial charge in [0.15, 0.2) is 0 Å². The van der Waals surface area contributed by atoms with Gasteiger partial charge in [-0.2, -0.15) is 0 Å². The first-order valence-corrected chi connectivity index (χ1v) is 7.08. The van der Waals surface area contributed by atoms with Crippen LogP contribution in [0.2, 0.25) is 0 Å². The van der Waals surface area contributed by atoms with Gasteiger partial charge in [-0.1, -0.05) is 48.5 Å². The van der Waals surface area contributed by atoms with Crippen molar-refractivity contribution in [3.05, 3.63) is 65.7 Å². The van der Waals surface area contributed by atoms with Crippen molar-refractivity contribution in [3.63, 3.8) is 0 Å². The predicted molar refractivity (Wildman–Crippen MR) is 87.6 cm³/mol. The van der Waals surface area contributed by atoms with Gasteiger partial charge >= 0.3 is 6.09 Å². The molecule has 0 aromatic heterocycles. The zero-order valence-corrected chi connectivity index (χ0v) is 12.4. The molecular formula is C17H22N2O3. The molecule has 0 unspecified atom stereocenters. The number of amides is 1. The average Bonchev–Trinajstić information content (AvgIpc) is 2.54. The number of nitrogens with two attached hydrogens (primary N) is 1. The van der Waals surface area contributed by atoms with Crippen LogP contribution in [0, 0.1) is 0 Å². The molecule has 0 aliphatic carbocycles. The summed E-state index contributed by atoms with van der Waals surface area (Å²) >= 11 is 0. The van der Waals surface area contributed by atoms with Crippen LogP contribution in [-0.4, -0.2) is 22.9 Å². The number of carboxylic acid groups (broad SMARTS) is 1. The van der Waals surface area contributed by atoms with Gasteiger partial charge in [0.1, 0.15) is 0 Å². The van der Waals surface area contributed by atoms with E-state index < -0.39 is 6.09 Å². The van der Waals surface area contributed by atoms with Crippen molar-refractivity contribution >= 4 is 11.8 Å². The number of aryl methyl sites for hydroxylation is 1. The highest BCUT2D eigenvalue weighted by Gasteiger charge is 1.95. The summed E-state index contributed by atoms with van der Waals surface area (Å²) in [5.74, 6) is 0. The number of benzene rings is 2. The summed E-state index contributed by atoms with van der Waals surface area (Å²) in [5.41, 5.74) is 8.59. The maximum Gasteiger partial charge on any atom is 0.404 e. The van der Waals surface area contributed by atoms with E-state index >= 15 is 0 Å². The SMILES string of the molecule is Nc1ccccc1CCCO.O=C(O)NCc1ccccc1. The normalized spacial score (nSPS) is 9.50. The second kappa shape index (κ2) is 10.2. The number of aliphatic hydroxyl groups is 1. The van der Waals surface area contributed by atoms with Crippen LogP contribution < -0.4 is 11.1 Å². The molecule has 1 amide bonds. The molecule has 0 aliphatic rings. The van der Waals surface area contributed by atoms with Gasteiger partial charge < -0.3 is 21.3 Å². The van der Waals surface area contributed by atoms with E-state index in [1.165, 1.54) is 0 Å². The van der Waals surface area contributed by atoms with Gasteiger partial charge in [-0.25, -0.2) is 4.79 Å². The Labute approximate surface area is 130 Å². The number of hydrogen-bond donors (Lipinski definition) is 4. The topological polar surface area (TPSA) is 95.6 Å². The van der Waals surface area contributed by atoms with Gasteiger partial charge in [0, 0.05) is 18.8 Å². The fourth-order valence-corrected chi connectivity index (χ4v) is 1.80. The molecule has 5 nitrogen and oxygen atoms in total. The largest absolute Gasteiger partial charge is 0.465 e. The van der Waals surface area contributed by atoms with Gasteiger partial charge in [-0.3, -0.25) is 0 Å². The molecule has 0 saturated heterocycles. The highest BCUT2D eigenvalue weighted by atomic mass is 16.4. The average molecular weight is 302 g/mol. The molecule has 2 aromatic rings. The first-order valence-electron chi connectivity index (χ1n) is 7.08. The first kappa shape index (κ1) is 17.5. The summed E-state index contributed by atoms with van der Waals surface area (Å²) in [6, 6.07) is 17.1. The fourth-order valence-electron chi connectivity index (χ4n) is 1.80. The van der Waals surface area contributed by atoms with Gasteiger partial charge in [0.05, 0.1) is 0 Å². The van der Waals surface area contributed by atoms with Crippen LogP contribution in [-0.2, 0) is 13.0 Å². The lowest BCUT2D eigenvalue weighted by Gasteiger charge is -2.02. The Morgan fingerprint density at radius 3 is 2.27 bits per heavy atom. The maximum absolute atomic E-state index is 10.1. The molecule has 2 aromatic carbocycles. The van der Waals surface area contributed by atoms with Crippen molar-refractivity contribution in [1.29, 1.82) is 0 Å². The monoisotopic (exact) mass is 302 g/mol. The Bertz CT molecular complexity index is 559. The molecule has 2 rings (SSSR count). The molecule has 118 valence electrons. The highest BCUT2D eigenvalue weighted by molar-refractivity contribution is 5.64. The van der Waals surface area contributed by atoms with E-state index in [0.29, 0.717) is 6.54 Å². The van der Waals surface area contributed by atoms with Gasteiger partial charge in [-0.15, -0.1) is 0 Å². The minimum Gasteiger partial charge on any atom is -0.465 e. The lowest BCUT2D eigenvalue weighted by molar-refractivity contribution is 0.194. The van der Waals surface area contributed by atoms with E-state index in [-0.39, 0.29) is 6.61 Å². The van der Waals surface area contributed by atoms with Crippen molar-refractivity contribution in [3.8, 4) is 0 Å². The molecular weight excluding hydrogens is 280 g/mol. The molecule has 0 atom stereocenters. The van der Waals surface area contributed by atoms with E-state index in [1.807, 2.05) is 54.6 Å². The number of nitrogens with one attached hydrogen (secondary N) is 1. The molecule has 0 aliphatic heterocycles. The quantitative estimate of drug-likeness (QED) is 0.638. The van der Waals surface area contributed by atoms with Crippen molar-refractivity contribution in [2.24, 2.45) is 0 Å². The van der Waals surface area contributed by atoms with Crippen LogP contribution in [0.25, 0.3) is 0 Å². The minimum atomic E-state index is -0.992. The first-order chi connectivity index (χ1) is 10.6. The Balaban J connectivity index is 0.000000220. The van der Waals surface area contributed by atoms with Crippen LogP contribution in [0.1, 0.15) is 17.5 Å². The number of aliphatic hydroxyl groups excluding tert-OH is 1. The number of nitrogen functional groups attached to an aromatic ring is 1.